The van der Waals surface area contributed by atoms with Crippen molar-refractivity contribution in [3.05, 3.63) is 35.6 Å². The van der Waals surface area contributed by atoms with Crippen LogP contribution in [0.4, 0.5) is 4.39 Å². The molecule has 1 aromatic rings. The van der Waals surface area contributed by atoms with Crippen molar-refractivity contribution in [2.75, 3.05) is 12.4 Å². The van der Waals surface area contributed by atoms with E-state index in [4.69, 9.17) is 4.74 Å². The van der Waals surface area contributed by atoms with Gasteiger partial charge in [-0.2, -0.15) is 5.26 Å². The third-order valence-electron chi connectivity index (χ3n) is 3.93. The van der Waals surface area contributed by atoms with E-state index in [1.165, 1.54) is 25.1 Å². The van der Waals surface area contributed by atoms with Gasteiger partial charge in [0.25, 0.3) is 0 Å². The van der Waals surface area contributed by atoms with E-state index in [9.17, 15) is 22.9 Å². The number of nitriles is 1. The fourth-order valence-electron chi connectivity index (χ4n) is 2.84. The zero-order chi connectivity index (χ0) is 16.5. The number of nitrogens with zero attached hydrogens (tertiary/aromatic N) is 1. The molecule has 1 aliphatic carbocycles. The molecule has 2 rings (SSSR count). The molecule has 22 heavy (non-hydrogen) atoms. The number of sulfone groups is 1. The Kier molecular flexibility index (Phi) is 4.25. The lowest BCUT2D eigenvalue weighted by Crippen LogP contribution is -2.26. The summed E-state index contributed by atoms with van der Waals surface area (Å²) in [5, 5.41) is 8.28. The highest BCUT2D eigenvalue weighted by molar-refractivity contribution is 7.92. The van der Waals surface area contributed by atoms with Gasteiger partial charge in [0, 0.05) is 11.7 Å². The molecule has 0 aromatic heterocycles. The number of hydrogen-bond donors (Lipinski definition) is 0. The summed E-state index contributed by atoms with van der Waals surface area (Å²) in [6, 6.07) is 7.13. The van der Waals surface area contributed by atoms with Crippen LogP contribution in [0.25, 0.3) is 0 Å². The molecule has 0 aliphatic heterocycles. The molecule has 1 aliphatic rings. The van der Waals surface area contributed by atoms with Crippen molar-refractivity contribution in [2.24, 2.45) is 5.41 Å². The highest BCUT2D eigenvalue weighted by atomic mass is 32.2. The molecular weight excluding hydrogens is 309 g/mol. The van der Waals surface area contributed by atoms with E-state index >= 15 is 0 Å². The first kappa shape index (κ1) is 16.4. The second-order valence-electron chi connectivity index (χ2n) is 5.11. The number of ether oxygens (including phenoxy) is 1. The van der Waals surface area contributed by atoms with E-state index in [0.717, 1.165) is 6.07 Å². The molecule has 1 saturated carbocycles. The Morgan fingerprint density at radius 3 is 2.64 bits per heavy atom. The van der Waals surface area contributed by atoms with Crippen LogP contribution in [0, 0.1) is 22.6 Å². The van der Waals surface area contributed by atoms with Crippen LogP contribution in [-0.2, 0) is 19.4 Å². The highest BCUT2D eigenvalue weighted by Gasteiger charge is 2.77. The Labute approximate surface area is 128 Å². The van der Waals surface area contributed by atoms with Gasteiger partial charge in [-0.15, -0.1) is 0 Å². The molecule has 0 saturated heterocycles. The lowest BCUT2D eigenvalue weighted by Gasteiger charge is -2.08. The molecule has 0 amide bonds. The SMILES string of the molecule is CCOC(=O)[C@@]1(C#N)[C@@H](c2cccc(F)c2)[C@@H]1S(=O)(=O)CC. The van der Waals surface area contributed by atoms with Gasteiger partial charge in [-0.05, 0) is 24.6 Å². The van der Waals surface area contributed by atoms with Gasteiger partial charge in [-0.3, -0.25) is 4.79 Å². The van der Waals surface area contributed by atoms with Crippen molar-refractivity contribution in [3.8, 4) is 6.07 Å². The van der Waals surface area contributed by atoms with Gasteiger partial charge in [-0.25, -0.2) is 12.8 Å². The molecule has 7 heteroatoms. The minimum atomic E-state index is -3.66. The summed E-state index contributed by atoms with van der Waals surface area (Å²) in [5.41, 5.74) is -1.48. The Hall–Kier alpha value is -1.94. The molecule has 0 spiro atoms. The molecule has 0 unspecified atom stereocenters. The molecule has 1 aromatic carbocycles. The maximum Gasteiger partial charge on any atom is 0.328 e. The summed E-state index contributed by atoms with van der Waals surface area (Å²) < 4.78 is 42.8. The number of esters is 1. The summed E-state index contributed by atoms with van der Waals surface area (Å²) in [7, 11) is -3.66. The van der Waals surface area contributed by atoms with Gasteiger partial charge in [-0.1, -0.05) is 19.1 Å². The van der Waals surface area contributed by atoms with Gasteiger partial charge in [0.15, 0.2) is 15.3 Å². The number of benzene rings is 1. The summed E-state index contributed by atoms with van der Waals surface area (Å²) in [6.45, 7) is 3.06. The fourth-order valence-corrected chi connectivity index (χ4v) is 4.77. The Balaban J connectivity index is 2.55. The van der Waals surface area contributed by atoms with Crippen molar-refractivity contribution in [1.29, 1.82) is 5.26 Å². The van der Waals surface area contributed by atoms with E-state index in [1.807, 2.05) is 6.07 Å². The summed E-state index contributed by atoms with van der Waals surface area (Å²) >= 11 is 0. The molecule has 0 bridgehead atoms. The predicted molar refractivity (Wildman–Crippen MR) is 77.1 cm³/mol. The molecule has 1 fully saturated rings. The van der Waals surface area contributed by atoms with Crippen molar-refractivity contribution < 1.29 is 22.3 Å². The van der Waals surface area contributed by atoms with Crippen molar-refractivity contribution >= 4 is 15.8 Å². The second kappa shape index (κ2) is 5.69. The maximum absolute atomic E-state index is 13.4. The largest absolute Gasteiger partial charge is 0.465 e. The molecule has 3 atom stereocenters. The van der Waals surface area contributed by atoms with Crippen LogP contribution in [-0.4, -0.2) is 32.0 Å². The molecule has 0 radical (unpaired) electrons. The lowest BCUT2D eigenvalue weighted by atomic mass is 10.0. The van der Waals surface area contributed by atoms with Crippen LogP contribution >= 0.6 is 0 Å². The molecule has 118 valence electrons. The third kappa shape index (κ3) is 2.37. The topological polar surface area (TPSA) is 84.2 Å². The van der Waals surface area contributed by atoms with E-state index in [-0.39, 0.29) is 12.4 Å². The minimum Gasteiger partial charge on any atom is -0.465 e. The van der Waals surface area contributed by atoms with Crippen LogP contribution in [0.15, 0.2) is 24.3 Å². The average molecular weight is 325 g/mol. The Bertz CT molecular complexity index is 740. The van der Waals surface area contributed by atoms with E-state index in [0.29, 0.717) is 5.56 Å². The van der Waals surface area contributed by atoms with Crippen LogP contribution < -0.4 is 0 Å². The van der Waals surface area contributed by atoms with Crippen LogP contribution in [0.3, 0.4) is 0 Å². The zero-order valence-electron chi connectivity index (χ0n) is 12.2. The maximum atomic E-state index is 13.4. The monoisotopic (exact) mass is 325 g/mol. The molecule has 5 nitrogen and oxygen atoms in total. The number of carbonyl (C=O) groups excluding carboxylic acids is 1. The lowest BCUT2D eigenvalue weighted by molar-refractivity contribution is -0.147. The van der Waals surface area contributed by atoms with Gasteiger partial charge >= 0.3 is 5.97 Å². The average Bonchev–Trinajstić information content (AvgIpc) is 3.19. The van der Waals surface area contributed by atoms with Crippen molar-refractivity contribution in [1.82, 2.24) is 0 Å². The number of halogens is 1. The van der Waals surface area contributed by atoms with Gasteiger partial charge < -0.3 is 4.74 Å². The van der Waals surface area contributed by atoms with E-state index in [1.54, 1.807) is 6.92 Å². The standard InChI is InChI=1S/C15H16FNO4S/c1-3-21-14(18)15(9-17)12(13(15)22(19,20)4-2)10-6-5-7-11(16)8-10/h5-8,12-13H,3-4H2,1-2H3/t12-,13-,15-/m0/s1. The fraction of sp³-hybridized carbons (Fsp3) is 0.467. The Morgan fingerprint density at radius 2 is 2.14 bits per heavy atom. The van der Waals surface area contributed by atoms with Gasteiger partial charge in [0.2, 0.25) is 0 Å². The quantitative estimate of drug-likeness (QED) is 0.771. The third-order valence-corrected chi connectivity index (χ3v) is 6.15. The van der Waals surface area contributed by atoms with Gasteiger partial charge in [0.1, 0.15) is 11.1 Å². The van der Waals surface area contributed by atoms with Crippen LogP contribution in [0.2, 0.25) is 0 Å². The van der Waals surface area contributed by atoms with Crippen molar-refractivity contribution in [2.45, 2.75) is 25.0 Å². The second-order valence-corrected chi connectivity index (χ2v) is 7.52. The first-order valence-electron chi connectivity index (χ1n) is 6.90. The number of carbonyl (C=O) groups is 1. The first-order valence-corrected chi connectivity index (χ1v) is 8.62. The van der Waals surface area contributed by atoms with E-state index < -0.39 is 38.2 Å². The Morgan fingerprint density at radius 1 is 1.45 bits per heavy atom. The van der Waals surface area contributed by atoms with Gasteiger partial charge in [0.05, 0.1) is 12.7 Å². The molecule has 0 heterocycles. The number of hydrogen-bond acceptors (Lipinski definition) is 5. The smallest absolute Gasteiger partial charge is 0.328 e. The zero-order valence-corrected chi connectivity index (χ0v) is 13.1. The molecule has 0 N–H and O–H groups in total. The van der Waals surface area contributed by atoms with Crippen LogP contribution in [0.1, 0.15) is 25.3 Å². The number of rotatable bonds is 5. The normalized spacial score (nSPS) is 27.0. The summed E-state index contributed by atoms with van der Waals surface area (Å²) in [4.78, 5) is 12.2. The summed E-state index contributed by atoms with van der Waals surface area (Å²) in [5.74, 6) is -2.52. The summed E-state index contributed by atoms with van der Waals surface area (Å²) in [6.07, 6.45) is 0. The first-order chi connectivity index (χ1) is 10.3. The van der Waals surface area contributed by atoms with Crippen molar-refractivity contribution in [3.63, 3.8) is 0 Å². The minimum absolute atomic E-state index is 0.0387. The molecular formula is C15H16FNO4S. The predicted octanol–water partition coefficient (Wildman–Crippen LogP) is 1.80. The highest BCUT2D eigenvalue weighted by Crippen LogP contribution is 2.63. The van der Waals surface area contributed by atoms with E-state index in [2.05, 4.69) is 0 Å². The van der Waals surface area contributed by atoms with Crippen LogP contribution in [0.5, 0.6) is 0 Å².